The molecule has 0 aliphatic heterocycles. The fraction of sp³-hybridized carbons (Fsp3) is 0.231. The highest BCUT2D eigenvalue weighted by Gasteiger charge is 2.17. The largest absolute Gasteiger partial charge is 0.463 e. The molecule has 2 aromatic heterocycles. The van der Waals surface area contributed by atoms with Crippen molar-refractivity contribution in [3.63, 3.8) is 0 Å². The second-order valence-corrected chi connectivity index (χ2v) is 9.00. The summed E-state index contributed by atoms with van der Waals surface area (Å²) in [4.78, 5) is 26.4. The summed E-state index contributed by atoms with van der Waals surface area (Å²) in [6.07, 6.45) is 6.46. The first-order valence-electron chi connectivity index (χ1n) is 10.7. The van der Waals surface area contributed by atoms with Crippen molar-refractivity contribution in [3.8, 4) is 16.9 Å². The summed E-state index contributed by atoms with van der Waals surface area (Å²) in [6, 6.07) is 14.1. The number of thiophene rings is 1. The molecule has 0 amide bonds. The van der Waals surface area contributed by atoms with Gasteiger partial charge in [-0.15, -0.1) is 11.3 Å². The second kappa shape index (κ2) is 10.2. The van der Waals surface area contributed by atoms with E-state index in [0.29, 0.717) is 38.6 Å². The molecule has 4 nitrogen and oxygen atoms in total. The smallest absolute Gasteiger partial charge is 0.353 e. The third kappa shape index (κ3) is 4.95. The minimum atomic E-state index is -0.408. The number of esters is 1. The Morgan fingerprint density at radius 3 is 2.62 bits per heavy atom. The number of hydrogen-bond acceptors (Lipinski definition) is 5. The fourth-order valence-electron chi connectivity index (χ4n) is 3.61. The van der Waals surface area contributed by atoms with E-state index in [9.17, 15) is 9.59 Å². The minimum absolute atomic E-state index is 0.125. The lowest BCUT2D eigenvalue weighted by molar-refractivity contribution is 0.0738. The highest BCUT2D eigenvalue weighted by atomic mass is 35.5. The van der Waals surface area contributed by atoms with Crippen LogP contribution in [-0.4, -0.2) is 5.97 Å². The maximum absolute atomic E-state index is 13.3. The number of hydrogen-bond donors (Lipinski definition) is 0. The summed E-state index contributed by atoms with van der Waals surface area (Å²) in [5.41, 5.74) is 2.30. The molecule has 2 heterocycles. The van der Waals surface area contributed by atoms with Gasteiger partial charge in [-0.05, 0) is 53.6 Å². The highest BCUT2D eigenvalue weighted by Crippen LogP contribution is 2.30. The van der Waals surface area contributed by atoms with Gasteiger partial charge < -0.3 is 9.15 Å². The average Bonchev–Trinajstić information content (AvgIpc) is 3.33. The van der Waals surface area contributed by atoms with E-state index in [-0.39, 0.29) is 5.43 Å². The Bertz CT molecular complexity index is 1270. The van der Waals surface area contributed by atoms with Crippen molar-refractivity contribution < 1.29 is 13.9 Å². The van der Waals surface area contributed by atoms with E-state index in [1.165, 1.54) is 17.6 Å². The van der Waals surface area contributed by atoms with Crippen LogP contribution in [0, 0.1) is 0 Å². The number of ether oxygens (including phenoxy) is 1. The monoisotopic (exact) mass is 466 g/mol. The number of halogens is 1. The van der Waals surface area contributed by atoms with Crippen molar-refractivity contribution >= 4 is 39.9 Å². The second-order valence-electron chi connectivity index (χ2n) is 7.62. The summed E-state index contributed by atoms with van der Waals surface area (Å²) in [5.74, 6) is 0.0316. The number of fused-ring (bicyclic) bond motifs is 1. The Hall–Kier alpha value is -2.89. The van der Waals surface area contributed by atoms with Gasteiger partial charge in [-0.3, -0.25) is 4.79 Å². The van der Waals surface area contributed by atoms with Crippen molar-refractivity contribution in [1.29, 1.82) is 0 Å². The SMILES string of the molecule is CCCCCCc1cc2c(=O)c(-c3ccc(Cl)cc3)coc2cc1OC(=O)c1cccs1. The van der Waals surface area contributed by atoms with Gasteiger partial charge in [0.05, 0.1) is 10.9 Å². The van der Waals surface area contributed by atoms with Crippen molar-refractivity contribution in [2.45, 2.75) is 39.0 Å². The molecule has 4 aromatic rings. The van der Waals surface area contributed by atoms with Crippen LogP contribution in [0.5, 0.6) is 5.75 Å². The fourth-order valence-corrected chi connectivity index (χ4v) is 4.33. The Kier molecular flexibility index (Phi) is 7.08. The molecule has 6 heteroatoms. The van der Waals surface area contributed by atoms with Gasteiger partial charge in [-0.1, -0.05) is 56.0 Å². The van der Waals surface area contributed by atoms with E-state index in [1.54, 1.807) is 36.4 Å². The first-order chi connectivity index (χ1) is 15.6. The molecule has 0 bridgehead atoms. The highest BCUT2D eigenvalue weighted by molar-refractivity contribution is 7.12. The van der Waals surface area contributed by atoms with Crippen LogP contribution >= 0.6 is 22.9 Å². The Balaban J connectivity index is 1.74. The Labute approximate surface area is 195 Å². The molecule has 32 heavy (non-hydrogen) atoms. The molecular formula is C26H23ClO4S. The molecule has 164 valence electrons. The standard InChI is InChI=1S/C26H23ClO4S/c1-2-3-4-5-7-18-14-20-23(15-22(18)31-26(29)24-8-6-13-32-24)30-16-21(25(20)28)17-9-11-19(27)12-10-17/h6,8-16H,2-5,7H2,1H3. The molecule has 4 rings (SSSR count). The molecule has 0 aliphatic carbocycles. The average molecular weight is 467 g/mol. The van der Waals surface area contributed by atoms with Gasteiger partial charge in [0, 0.05) is 11.1 Å². The molecule has 0 saturated heterocycles. The van der Waals surface area contributed by atoms with Gasteiger partial charge in [-0.2, -0.15) is 0 Å². The summed E-state index contributed by atoms with van der Waals surface area (Å²) in [6.45, 7) is 2.16. The molecule has 0 saturated carbocycles. The Morgan fingerprint density at radius 1 is 1.09 bits per heavy atom. The lowest BCUT2D eigenvalue weighted by Gasteiger charge is -2.12. The lowest BCUT2D eigenvalue weighted by atomic mass is 10.0. The van der Waals surface area contributed by atoms with E-state index in [4.69, 9.17) is 20.8 Å². The molecule has 0 fully saturated rings. The van der Waals surface area contributed by atoms with E-state index in [0.717, 1.165) is 36.8 Å². The molecule has 0 aliphatic rings. The van der Waals surface area contributed by atoms with Crippen LogP contribution in [0.25, 0.3) is 22.1 Å². The van der Waals surface area contributed by atoms with Crippen molar-refractivity contribution in [2.75, 3.05) is 0 Å². The third-order valence-electron chi connectivity index (χ3n) is 5.34. The Morgan fingerprint density at radius 2 is 1.91 bits per heavy atom. The predicted octanol–water partition coefficient (Wildman–Crippen LogP) is 7.52. The normalized spacial score (nSPS) is 11.1. The minimum Gasteiger partial charge on any atom is -0.463 e. The molecule has 0 atom stereocenters. The van der Waals surface area contributed by atoms with E-state index in [2.05, 4.69) is 6.92 Å². The van der Waals surface area contributed by atoms with Gasteiger partial charge in [0.25, 0.3) is 0 Å². The van der Waals surface area contributed by atoms with E-state index >= 15 is 0 Å². The maximum Gasteiger partial charge on any atom is 0.353 e. The number of rotatable bonds is 8. The number of benzene rings is 2. The molecular weight excluding hydrogens is 444 g/mol. The molecule has 0 radical (unpaired) electrons. The summed E-state index contributed by atoms with van der Waals surface area (Å²) >= 11 is 7.31. The van der Waals surface area contributed by atoms with Crippen molar-refractivity contribution in [3.05, 3.63) is 85.9 Å². The zero-order valence-electron chi connectivity index (χ0n) is 17.7. The number of carbonyl (C=O) groups excluding carboxylic acids is 1. The zero-order valence-corrected chi connectivity index (χ0v) is 19.3. The van der Waals surface area contributed by atoms with Gasteiger partial charge in [0.2, 0.25) is 5.43 Å². The quantitative estimate of drug-likeness (QED) is 0.153. The van der Waals surface area contributed by atoms with Gasteiger partial charge in [-0.25, -0.2) is 4.79 Å². The molecule has 0 spiro atoms. The number of unbranched alkanes of at least 4 members (excludes halogenated alkanes) is 3. The van der Waals surface area contributed by atoms with Crippen LogP contribution in [0.2, 0.25) is 5.02 Å². The predicted molar refractivity (Wildman–Crippen MR) is 130 cm³/mol. The zero-order chi connectivity index (χ0) is 22.5. The maximum atomic E-state index is 13.3. The van der Waals surface area contributed by atoms with Crippen molar-refractivity contribution in [1.82, 2.24) is 0 Å². The van der Waals surface area contributed by atoms with Crippen LogP contribution < -0.4 is 10.2 Å². The van der Waals surface area contributed by atoms with Crippen LogP contribution in [-0.2, 0) is 6.42 Å². The molecule has 2 aromatic carbocycles. The molecule has 0 N–H and O–H groups in total. The van der Waals surface area contributed by atoms with Crippen LogP contribution in [0.3, 0.4) is 0 Å². The van der Waals surface area contributed by atoms with Crippen LogP contribution in [0.4, 0.5) is 0 Å². The van der Waals surface area contributed by atoms with Gasteiger partial charge >= 0.3 is 5.97 Å². The van der Waals surface area contributed by atoms with Crippen LogP contribution in [0.15, 0.2) is 69.4 Å². The van der Waals surface area contributed by atoms with E-state index in [1.807, 2.05) is 17.5 Å². The summed E-state index contributed by atoms with van der Waals surface area (Å²) in [5, 5.41) is 2.91. The van der Waals surface area contributed by atoms with E-state index < -0.39 is 5.97 Å². The molecule has 0 unspecified atom stereocenters. The number of carbonyl (C=O) groups is 1. The summed E-state index contributed by atoms with van der Waals surface area (Å²) < 4.78 is 11.5. The summed E-state index contributed by atoms with van der Waals surface area (Å²) in [7, 11) is 0. The first kappa shape index (κ1) is 22.3. The lowest BCUT2D eigenvalue weighted by Crippen LogP contribution is -2.10. The number of aryl methyl sites for hydroxylation is 1. The topological polar surface area (TPSA) is 56.5 Å². The van der Waals surface area contributed by atoms with Crippen molar-refractivity contribution in [2.24, 2.45) is 0 Å². The van der Waals surface area contributed by atoms with Gasteiger partial charge in [0.15, 0.2) is 0 Å². The van der Waals surface area contributed by atoms with Gasteiger partial charge in [0.1, 0.15) is 22.5 Å². The first-order valence-corrected chi connectivity index (χ1v) is 11.9. The van der Waals surface area contributed by atoms with Crippen LogP contribution in [0.1, 0.15) is 47.8 Å². The third-order valence-corrected chi connectivity index (χ3v) is 6.44.